The Morgan fingerprint density at radius 3 is 2.72 bits per heavy atom. The highest BCUT2D eigenvalue weighted by Crippen LogP contribution is 2.16. The molecule has 25 heavy (non-hydrogen) atoms. The fourth-order valence-corrected chi connectivity index (χ4v) is 3.29. The van der Waals surface area contributed by atoms with Crippen molar-refractivity contribution >= 4 is 29.9 Å². The standard InChI is InChI=1S/C20H34N4.HI/c1-3-14-24-15-12-19(17-24)16-23-20(21-4-2)22-13-8-11-18-9-6-5-7-10-18;/h5-7,9-10,19H,3-4,8,11-17H2,1-2H3,(H2,21,22,23);1H. The van der Waals surface area contributed by atoms with Gasteiger partial charge in [0.25, 0.3) is 0 Å². The van der Waals surface area contributed by atoms with E-state index in [-0.39, 0.29) is 24.0 Å². The number of likely N-dealkylation sites (tertiary alicyclic amines) is 1. The number of halogens is 1. The first-order valence-corrected chi connectivity index (χ1v) is 9.60. The van der Waals surface area contributed by atoms with Crippen LogP contribution in [0.5, 0.6) is 0 Å². The van der Waals surface area contributed by atoms with Gasteiger partial charge in [-0.2, -0.15) is 0 Å². The number of hydrogen-bond donors (Lipinski definition) is 2. The lowest BCUT2D eigenvalue weighted by molar-refractivity contribution is 0.326. The van der Waals surface area contributed by atoms with Crippen LogP contribution in [0, 0.1) is 5.92 Å². The highest BCUT2D eigenvalue weighted by Gasteiger charge is 2.21. The molecule has 4 nitrogen and oxygen atoms in total. The Balaban J connectivity index is 0.00000312. The Hall–Kier alpha value is -0.820. The lowest BCUT2D eigenvalue weighted by Crippen LogP contribution is -2.38. The number of benzene rings is 1. The van der Waals surface area contributed by atoms with Gasteiger partial charge in [-0.25, -0.2) is 0 Å². The van der Waals surface area contributed by atoms with Gasteiger partial charge in [-0.05, 0) is 57.2 Å². The van der Waals surface area contributed by atoms with Crippen LogP contribution < -0.4 is 10.6 Å². The molecule has 1 saturated heterocycles. The Morgan fingerprint density at radius 1 is 1.20 bits per heavy atom. The van der Waals surface area contributed by atoms with E-state index in [1.807, 2.05) is 0 Å². The molecular formula is C20H35IN4. The molecular weight excluding hydrogens is 423 g/mol. The van der Waals surface area contributed by atoms with E-state index in [2.05, 4.69) is 59.7 Å². The van der Waals surface area contributed by atoms with E-state index in [0.717, 1.165) is 44.4 Å². The van der Waals surface area contributed by atoms with Gasteiger partial charge in [-0.1, -0.05) is 37.3 Å². The summed E-state index contributed by atoms with van der Waals surface area (Å²) in [6.07, 6.45) is 4.78. The normalized spacial score (nSPS) is 18.0. The average Bonchev–Trinajstić information content (AvgIpc) is 3.05. The highest BCUT2D eigenvalue weighted by atomic mass is 127. The first-order valence-electron chi connectivity index (χ1n) is 9.60. The summed E-state index contributed by atoms with van der Waals surface area (Å²) in [5, 5.41) is 6.84. The Kier molecular flexibility index (Phi) is 11.9. The third-order valence-electron chi connectivity index (χ3n) is 4.54. The van der Waals surface area contributed by atoms with Crippen LogP contribution >= 0.6 is 24.0 Å². The van der Waals surface area contributed by atoms with E-state index in [1.165, 1.54) is 38.0 Å². The van der Waals surface area contributed by atoms with Crippen LogP contribution in [0.2, 0.25) is 0 Å². The molecule has 2 N–H and O–H groups in total. The predicted molar refractivity (Wildman–Crippen MR) is 119 cm³/mol. The lowest BCUT2D eigenvalue weighted by atomic mass is 10.1. The summed E-state index contributed by atoms with van der Waals surface area (Å²) in [6.45, 7) is 10.9. The maximum absolute atomic E-state index is 4.80. The zero-order valence-electron chi connectivity index (χ0n) is 15.8. The minimum absolute atomic E-state index is 0. The van der Waals surface area contributed by atoms with Crippen molar-refractivity contribution in [1.82, 2.24) is 15.5 Å². The van der Waals surface area contributed by atoms with Gasteiger partial charge in [0.05, 0.1) is 0 Å². The topological polar surface area (TPSA) is 39.7 Å². The molecule has 0 saturated carbocycles. The SMILES string of the molecule is CCCN1CCC(CN=C(NCC)NCCCc2ccccc2)C1.I. The minimum Gasteiger partial charge on any atom is -0.357 e. The van der Waals surface area contributed by atoms with Crippen molar-refractivity contribution in [3.8, 4) is 0 Å². The number of aliphatic imine (C=N–C) groups is 1. The van der Waals surface area contributed by atoms with E-state index in [0.29, 0.717) is 0 Å². The third-order valence-corrected chi connectivity index (χ3v) is 4.54. The van der Waals surface area contributed by atoms with Crippen LogP contribution in [0.25, 0.3) is 0 Å². The van der Waals surface area contributed by atoms with Gasteiger partial charge >= 0.3 is 0 Å². The minimum atomic E-state index is 0. The van der Waals surface area contributed by atoms with Crippen LogP contribution in [0.3, 0.4) is 0 Å². The Morgan fingerprint density at radius 2 is 2.00 bits per heavy atom. The molecule has 0 aromatic heterocycles. The van der Waals surface area contributed by atoms with Crippen molar-refractivity contribution in [3.05, 3.63) is 35.9 Å². The molecule has 5 heteroatoms. The fourth-order valence-electron chi connectivity index (χ4n) is 3.29. The van der Waals surface area contributed by atoms with Gasteiger partial charge in [0.1, 0.15) is 0 Å². The second-order valence-electron chi connectivity index (χ2n) is 6.69. The molecule has 0 aliphatic carbocycles. The number of nitrogens with one attached hydrogen (secondary N) is 2. The molecule has 1 unspecified atom stereocenters. The summed E-state index contributed by atoms with van der Waals surface area (Å²) < 4.78 is 0. The van der Waals surface area contributed by atoms with Crippen LogP contribution in [0.4, 0.5) is 0 Å². The van der Waals surface area contributed by atoms with Gasteiger partial charge in [-0.3, -0.25) is 4.99 Å². The smallest absolute Gasteiger partial charge is 0.191 e. The summed E-state index contributed by atoms with van der Waals surface area (Å²) in [4.78, 5) is 7.37. The summed E-state index contributed by atoms with van der Waals surface area (Å²) >= 11 is 0. The number of nitrogens with zero attached hydrogens (tertiary/aromatic N) is 2. The van der Waals surface area contributed by atoms with Crippen molar-refractivity contribution in [2.75, 3.05) is 39.3 Å². The second-order valence-corrected chi connectivity index (χ2v) is 6.69. The summed E-state index contributed by atoms with van der Waals surface area (Å²) in [7, 11) is 0. The maximum atomic E-state index is 4.80. The van der Waals surface area contributed by atoms with Crippen LogP contribution in [0.15, 0.2) is 35.3 Å². The van der Waals surface area contributed by atoms with Crippen molar-refractivity contribution in [3.63, 3.8) is 0 Å². The van der Waals surface area contributed by atoms with E-state index in [1.54, 1.807) is 0 Å². The molecule has 1 aromatic rings. The predicted octanol–water partition coefficient (Wildman–Crippen LogP) is 3.52. The molecule has 2 rings (SSSR count). The molecule has 0 bridgehead atoms. The summed E-state index contributed by atoms with van der Waals surface area (Å²) in [6, 6.07) is 10.7. The van der Waals surface area contributed by atoms with Crippen molar-refractivity contribution < 1.29 is 0 Å². The summed E-state index contributed by atoms with van der Waals surface area (Å²) in [5.41, 5.74) is 1.41. The molecule has 0 amide bonds. The van der Waals surface area contributed by atoms with Crippen molar-refractivity contribution in [1.29, 1.82) is 0 Å². The van der Waals surface area contributed by atoms with E-state index >= 15 is 0 Å². The van der Waals surface area contributed by atoms with Gasteiger partial charge < -0.3 is 15.5 Å². The van der Waals surface area contributed by atoms with Gasteiger partial charge in [0, 0.05) is 26.2 Å². The number of hydrogen-bond acceptors (Lipinski definition) is 2. The van der Waals surface area contributed by atoms with Gasteiger partial charge in [0.2, 0.25) is 0 Å². The third kappa shape index (κ3) is 8.90. The number of rotatable bonds is 9. The Labute approximate surface area is 170 Å². The zero-order valence-corrected chi connectivity index (χ0v) is 18.2. The molecule has 1 aliphatic heterocycles. The highest BCUT2D eigenvalue weighted by molar-refractivity contribution is 14.0. The van der Waals surface area contributed by atoms with Crippen LogP contribution in [0.1, 0.15) is 38.7 Å². The van der Waals surface area contributed by atoms with Crippen LogP contribution in [-0.4, -0.2) is 50.1 Å². The molecule has 1 fully saturated rings. The molecule has 142 valence electrons. The van der Waals surface area contributed by atoms with Gasteiger partial charge in [-0.15, -0.1) is 24.0 Å². The van der Waals surface area contributed by atoms with Gasteiger partial charge in [0.15, 0.2) is 5.96 Å². The quantitative estimate of drug-likeness (QED) is 0.258. The molecule has 1 heterocycles. The first-order chi connectivity index (χ1) is 11.8. The molecule has 1 aliphatic rings. The second kappa shape index (κ2) is 13.4. The molecule has 0 spiro atoms. The average molecular weight is 458 g/mol. The van der Waals surface area contributed by atoms with Crippen molar-refractivity contribution in [2.24, 2.45) is 10.9 Å². The zero-order chi connectivity index (χ0) is 17.0. The monoisotopic (exact) mass is 458 g/mol. The molecule has 1 atom stereocenters. The first kappa shape index (κ1) is 22.2. The number of aryl methyl sites for hydroxylation is 1. The summed E-state index contributed by atoms with van der Waals surface area (Å²) in [5.74, 6) is 1.69. The maximum Gasteiger partial charge on any atom is 0.191 e. The van der Waals surface area contributed by atoms with E-state index in [4.69, 9.17) is 4.99 Å². The van der Waals surface area contributed by atoms with E-state index < -0.39 is 0 Å². The van der Waals surface area contributed by atoms with Crippen LogP contribution in [-0.2, 0) is 6.42 Å². The lowest BCUT2D eigenvalue weighted by Gasteiger charge is -2.15. The molecule has 0 radical (unpaired) electrons. The largest absolute Gasteiger partial charge is 0.357 e. The number of guanidine groups is 1. The Bertz CT molecular complexity index is 478. The fraction of sp³-hybridized carbons (Fsp3) is 0.650. The van der Waals surface area contributed by atoms with Crippen molar-refractivity contribution in [2.45, 2.75) is 39.5 Å². The molecule has 1 aromatic carbocycles. The van der Waals surface area contributed by atoms with E-state index in [9.17, 15) is 0 Å².